The van der Waals surface area contributed by atoms with Gasteiger partial charge < -0.3 is 9.57 Å². The SMILES string of the molecule is CC(C)(C)OC(=O)N1CCCC1C(=O)O/N=C1/c2ccccc2-c2c1c(-n1ccnc1)nc1ccc(Br)cc21. The molecule has 0 N–H and O–H groups in total. The van der Waals surface area contributed by atoms with Crippen LogP contribution < -0.4 is 0 Å². The lowest BCUT2D eigenvalue weighted by Crippen LogP contribution is -2.43. The van der Waals surface area contributed by atoms with Crippen molar-refractivity contribution in [3.63, 3.8) is 0 Å². The van der Waals surface area contributed by atoms with Crippen LogP contribution in [0.25, 0.3) is 27.8 Å². The van der Waals surface area contributed by atoms with E-state index >= 15 is 0 Å². The number of benzene rings is 2. The van der Waals surface area contributed by atoms with Crippen LogP contribution in [0.3, 0.4) is 0 Å². The Morgan fingerprint density at radius 2 is 1.90 bits per heavy atom. The van der Waals surface area contributed by atoms with Crippen molar-refractivity contribution in [2.24, 2.45) is 5.16 Å². The van der Waals surface area contributed by atoms with E-state index in [0.717, 1.165) is 37.6 Å². The molecule has 0 spiro atoms. The molecular weight excluding hydrogens is 562 g/mol. The van der Waals surface area contributed by atoms with Gasteiger partial charge in [0.25, 0.3) is 0 Å². The summed E-state index contributed by atoms with van der Waals surface area (Å²) < 4.78 is 8.25. The Balaban J connectivity index is 1.44. The molecule has 2 aromatic carbocycles. The van der Waals surface area contributed by atoms with E-state index in [0.29, 0.717) is 30.9 Å². The Hall–Kier alpha value is -4.05. The highest BCUT2D eigenvalue weighted by Gasteiger charge is 2.39. The lowest BCUT2D eigenvalue weighted by molar-refractivity contribution is -0.148. The van der Waals surface area contributed by atoms with Crippen LogP contribution in [0.15, 0.2) is 70.8 Å². The summed E-state index contributed by atoms with van der Waals surface area (Å²) in [5.41, 5.74) is 4.12. The fourth-order valence-corrected chi connectivity index (χ4v) is 5.50. The maximum absolute atomic E-state index is 13.3. The third kappa shape index (κ3) is 4.58. The highest BCUT2D eigenvalue weighted by atomic mass is 79.9. The number of likely N-dealkylation sites (tertiary alicyclic amines) is 1. The number of amides is 1. The number of oxime groups is 1. The highest BCUT2D eigenvalue weighted by molar-refractivity contribution is 9.10. The molecule has 1 saturated heterocycles. The zero-order valence-electron chi connectivity index (χ0n) is 21.7. The van der Waals surface area contributed by atoms with Crippen LogP contribution >= 0.6 is 15.9 Å². The Kier molecular flexibility index (Phi) is 6.22. The summed E-state index contributed by atoms with van der Waals surface area (Å²) in [5, 5.41) is 5.37. The lowest BCUT2D eigenvalue weighted by atomic mass is 10.0. The van der Waals surface area contributed by atoms with Gasteiger partial charge >= 0.3 is 12.1 Å². The smallest absolute Gasteiger partial charge is 0.411 e. The van der Waals surface area contributed by atoms with Gasteiger partial charge in [0.2, 0.25) is 0 Å². The summed E-state index contributed by atoms with van der Waals surface area (Å²) in [7, 11) is 0. The first kappa shape index (κ1) is 25.2. The zero-order chi connectivity index (χ0) is 27.3. The van der Waals surface area contributed by atoms with Gasteiger partial charge in [-0.3, -0.25) is 9.47 Å². The van der Waals surface area contributed by atoms with Gasteiger partial charge in [0, 0.05) is 39.9 Å². The van der Waals surface area contributed by atoms with E-state index in [4.69, 9.17) is 14.6 Å². The quantitative estimate of drug-likeness (QED) is 0.194. The molecule has 1 atom stereocenters. The molecule has 0 bridgehead atoms. The molecule has 1 fully saturated rings. The lowest BCUT2D eigenvalue weighted by Gasteiger charge is -2.27. The Morgan fingerprint density at radius 3 is 2.64 bits per heavy atom. The monoisotopic (exact) mass is 587 g/mol. The number of aromatic nitrogens is 3. The second-order valence-electron chi connectivity index (χ2n) is 10.5. The summed E-state index contributed by atoms with van der Waals surface area (Å²) in [5.74, 6) is 0.0250. The van der Waals surface area contributed by atoms with E-state index in [1.54, 1.807) is 33.3 Å². The van der Waals surface area contributed by atoms with Crippen molar-refractivity contribution in [1.82, 2.24) is 19.4 Å². The molecule has 1 aliphatic carbocycles. The first-order valence-electron chi connectivity index (χ1n) is 12.7. The standard InChI is InChI=1S/C29H26BrN5O4/c1-29(2,3)38-28(37)35-13-6-9-22(35)27(36)39-33-25-19-8-5-4-7-18(19)23-20-15-17(30)10-11-21(20)32-26(24(23)25)34-14-12-31-16-34/h4-5,7-8,10-12,14-16,22H,6,9,13H2,1-3H3/b33-25-. The molecule has 1 amide bonds. The molecule has 0 radical (unpaired) electrons. The minimum atomic E-state index is -0.765. The van der Waals surface area contributed by atoms with Crippen LogP contribution in [0.4, 0.5) is 4.79 Å². The van der Waals surface area contributed by atoms with Crippen LogP contribution in [0, 0.1) is 0 Å². The summed E-state index contributed by atoms with van der Waals surface area (Å²) in [6.45, 7) is 5.81. The Labute approximate surface area is 233 Å². The van der Waals surface area contributed by atoms with Gasteiger partial charge in [-0.2, -0.15) is 0 Å². The van der Waals surface area contributed by atoms with Crippen molar-refractivity contribution in [3.8, 4) is 16.9 Å². The normalized spacial score (nSPS) is 17.4. The fourth-order valence-electron chi connectivity index (χ4n) is 5.14. The molecule has 9 nitrogen and oxygen atoms in total. The predicted octanol–water partition coefficient (Wildman–Crippen LogP) is 5.86. The summed E-state index contributed by atoms with van der Waals surface area (Å²) in [6, 6.07) is 13.0. The van der Waals surface area contributed by atoms with Crippen molar-refractivity contribution in [1.29, 1.82) is 0 Å². The van der Waals surface area contributed by atoms with Crippen molar-refractivity contribution in [3.05, 3.63) is 76.8 Å². The third-order valence-corrected chi connectivity index (χ3v) is 7.24. The van der Waals surface area contributed by atoms with E-state index in [9.17, 15) is 9.59 Å². The van der Waals surface area contributed by atoms with Crippen molar-refractivity contribution >= 4 is 44.6 Å². The van der Waals surface area contributed by atoms with Crippen molar-refractivity contribution < 1.29 is 19.2 Å². The molecule has 3 heterocycles. The van der Waals surface area contributed by atoms with Gasteiger partial charge in [-0.25, -0.2) is 19.6 Å². The molecule has 1 unspecified atom stereocenters. The first-order valence-corrected chi connectivity index (χ1v) is 13.5. The number of hydrogen-bond acceptors (Lipinski definition) is 7. The Morgan fingerprint density at radius 1 is 1.10 bits per heavy atom. The third-order valence-electron chi connectivity index (χ3n) is 6.74. The molecule has 2 aromatic heterocycles. The van der Waals surface area contributed by atoms with Crippen molar-refractivity contribution in [2.45, 2.75) is 45.3 Å². The number of pyridine rings is 1. The van der Waals surface area contributed by atoms with Gasteiger partial charge in [-0.15, -0.1) is 0 Å². The number of hydrogen-bond donors (Lipinski definition) is 0. The van der Waals surface area contributed by atoms with Crippen LogP contribution in [-0.4, -0.2) is 55.4 Å². The summed E-state index contributed by atoms with van der Waals surface area (Å²) >= 11 is 3.59. The van der Waals surface area contributed by atoms with Crippen LogP contribution in [0.2, 0.25) is 0 Å². The van der Waals surface area contributed by atoms with Crippen molar-refractivity contribution in [2.75, 3.05) is 6.54 Å². The average Bonchev–Trinajstić information content (AvgIpc) is 3.65. The predicted molar refractivity (Wildman–Crippen MR) is 150 cm³/mol. The summed E-state index contributed by atoms with van der Waals surface area (Å²) in [4.78, 5) is 42.2. The van der Waals surface area contributed by atoms with Gasteiger partial charge in [0.1, 0.15) is 29.5 Å². The fraction of sp³-hybridized carbons (Fsp3) is 0.276. The number of carbonyl (C=O) groups excluding carboxylic acids is 2. The molecule has 198 valence electrons. The van der Waals surface area contributed by atoms with Crippen LogP contribution in [0.1, 0.15) is 44.7 Å². The first-order chi connectivity index (χ1) is 18.7. The van der Waals surface area contributed by atoms with Crippen LogP contribution in [0.5, 0.6) is 0 Å². The summed E-state index contributed by atoms with van der Waals surface area (Å²) in [6.07, 6.45) is 5.81. The number of ether oxygens (including phenoxy) is 1. The maximum Gasteiger partial charge on any atom is 0.411 e. The highest BCUT2D eigenvalue weighted by Crippen LogP contribution is 2.44. The van der Waals surface area contributed by atoms with E-state index in [-0.39, 0.29) is 0 Å². The van der Waals surface area contributed by atoms with E-state index in [2.05, 4.69) is 26.1 Å². The number of fused-ring (bicyclic) bond motifs is 5. The number of nitrogens with zero attached hydrogens (tertiary/aromatic N) is 5. The molecule has 2 aliphatic rings. The number of halogens is 1. The molecule has 10 heteroatoms. The number of rotatable bonds is 3. The molecular formula is C29H26BrN5O4. The molecule has 39 heavy (non-hydrogen) atoms. The van der Waals surface area contributed by atoms with E-state index < -0.39 is 23.7 Å². The molecule has 1 aliphatic heterocycles. The average molecular weight is 588 g/mol. The second kappa shape index (κ2) is 9.60. The van der Waals surface area contributed by atoms with Gasteiger partial charge in [-0.1, -0.05) is 45.4 Å². The zero-order valence-corrected chi connectivity index (χ0v) is 23.3. The molecule has 6 rings (SSSR count). The minimum absolute atomic E-state index is 0.423. The van der Waals surface area contributed by atoms with E-state index in [1.165, 1.54) is 4.90 Å². The Bertz CT molecular complexity index is 1640. The maximum atomic E-state index is 13.3. The number of imidazole rings is 1. The molecule has 0 saturated carbocycles. The van der Waals surface area contributed by atoms with Gasteiger partial charge in [0.15, 0.2) is 0 Å². The van der Waals surface area contributed by atoms with Crippen LogP contribution in [-0.2, 0) is 14.4 Å². The largest absolute Gasteiger partial charge is 0.444 e. The van der Waals surface area contributed by atoms with E-state index in [1.807, 2.05) is 53.2 Å². The minimum Gasteiger partial charge on any atom is -0.444 e. The van der Waals surface area contributed by atoms with Gasteiger partial charge in [-0.05, 0) is 57.4 Å². The molecule has 4 aromatic rings. The second-order valence-corrected chi connectivity index (χ2v) is 11.5. The topological polar surface area (TPSA) is 98.9 Å². The number of carbonyl (C=O) groups is 2. The van der Waals surface area contributed by atoms with Gasteiger partial charge in [0.05, 0.1) is 11.1 Å².